The fourth-order valence-corrected chi connectivity index (χ4v) is 3.08. The van der Waals surface area contributed by atoms with Crippen molar-refractivity contribution in [1.29, 1.82) is 0 Å². The van der Waals surface area contributed by atoms with Crippen LogP contribution in [-0.4, -0.2) is 40.6 Å². The van der Waals surface area contributed by atoms with Crippen LogP contribution in [0.25, 0.3) is 0 Å². The molecule has 31 heavy (non-hydrogen) atoms. The summed E-state index contributed by atoms with van der Waals surface area (Å²) in [5.41, 5.74) is 6.99. The first-order chi connectivity index (χ1) is 14.9. The Morgan fingerprint density at radius 2 is 1.97 bits per heavy atom. The molecule has 1 aromatic carbocycles. The van der Waals surface area contributed by atoms with Gasteiger partial charge in [-0.05, 0) is 36.2 Å². The number of primary amides is 1. The third-order valence-corrected chi connectivity index (χ3v) is 4.64. The predicted molar refractivity (Wildman–Crippen MR) is 113 cm³/mol. The summed E-state index contributed by atoms with van der Waals surface area (Å²) in [6.07, 6.45) is 2.01. The largest absolute Gasteiger partial charge is 0.493 e. The molecule has 0 radical (unpaired) electrons. The summed E-state index contributed by atoms with van der Waals surface area (Å²) in [5, 5.41) is 12.2. The Bertz CT molecular complexity index is 1030. The highest BCUT2D eigenvalue weighted by Gasteiger charge is 2.22. The second-order valence-corrected chi connectivity index (χ2v) is 6.94. The zero-order valence-electron chi connectivity index (χ0n) is 17.1. The molecule has 162 valence electrons. The average molecular weight is 424 g/mol. The minimum absolute atomic E-state index is 0.0242. The van der Waals surface area contributed by atoms with Crippen LogP contribution in [0.3, 0.4) is 0 Å². The second-order valence-electron chi connectivity index (χ2n) is 6.94. The molecule has 1 atom stereocenters. The molecule has 3 rings (SSSR count). The molecule has 1 unspecified atom stereocenters. The minimum atomic E-state index is -0.986. The second kappa shape index (κ2) is 10.2. The normalized spacial score (nSPS) is 11.6. The molecule has 0 aliphatic carbocycles. The lowest BCUT2D eigenvalue weighted by molar-refractivity contribution is -0.137. The van der Waals surface area contributed by atoms with Crippen molar-refractivity contribution in [1.82, 2.24) is 9.97 Å². The monoisotopic (exact) mass is 424 g/mol. The lowest BCUT2D eigenvalue weighted by Gasteiger charge is -2.12. The highest BCUT2D eigenvalue weighted by Crippen LogP contribution is 2.25. The number of carboxylic acid groups (broad SMARTS) is 1. The van der Waals surface area contributed by atoms with Gasteiger partial charge in [0.15, 0.2) is 11.6 Å². The van der Waals surface area contributed by atoms with Gasteiger partial charge in [-0.2, -0.15) is 0 Å². The number of hydrogen-bond acceptors (Lipinski definition) is 7. The molecule has 9 nitrogen and oxygen atoms in total. The number of aliphatic carboxylic acids is 1. The molecular formula is C22H24N4O5. The van der Waals surface area contributed by atoms with Gasteiger partial charge in [0.2, 0.25) is 0 Å². The van der Waals surface area contributed by atoms with Crippen LogP contribution in [-0.2, 0) is 17.6 Å². The van der Waals surface area contributed by atoms with Crippen molar-refractivity contribution >= 4 is 17.7 Å². The fourth-order valence-electron chi connectivity index (χ4n) is 3.08. The van der Waals surface area contributed by atoms with Crippen LogP contribution in [0.5, 0.6) is 5.75 Å². The van der Waals surface area contributed by atoms with E-state index in [0.717, 1.165) is 23.3 Å². The molecule has 4 N–H and O–H groups in total. The summed E-state index contributed by atoms with van der Waals surface area (Å²) in [7, 11) is 1.82. The molecule has 0 fully saturated rings. The topological polar surface area (TPSA) is 141 Å². The molecule has 0 aliphatic heterocycles. The van der Waals surface area contributed by atoms with E-state index in [2.05, 4.69) is 15.3 Å². The zero-order valence-corrected chi connectivity index (χ0v) is 17.1. The van der Waals surface area contributed by atoms with E-state index in [0.29, 0.717) is 25.2 Å². The van der Waals surface area contributed by atoms with E-state index >= 15 is 0 Å². The number of nitrogens with zero attached hydrogens (tertiary/aromatic N) is 2. The van der Waals surface area contributed by atoms with Crippen molar-refractivity contribution in [3.05, 3.63) is 71.6 Å². The molecule has 0 spiro atoms. The first-order valence-electron chi connectivity index (χ1n) is 9.77. The van der Waals surface area contributed by atoms with Crippen LogP contribution in [0.4, 0.5) is 5.82 Å². The smallest absolute Gasteiger partial charge is 0.304 e. The first kappa shape index (κ1) is 21.8. The maximum absolute atomic E-state index is 11.3. The Kier molecular flexibility index (Phi) is 7.21. The van der Waals surface area contributed by atoms with Crippen LogP contribution in [0, 0.1) is 0 Å². The van der Waals surface area contributed by atoms with Gasteiger partial charge in [0.05, 0.1) is 18.9 Å². The van der Waals surface area contributed by atoms with Crippen LogP contribution in [0.15, 0.2) is 53.1 Å². The van der Waals surface area contributed by atoms with E-state index < -0.39 is 17.8 Å². The van der Waals surface area contributed by atoms with Crippen molar-refractivity contribution in [2.24, 2.45) is 5.73 Å². The van der Waals surface area contributed by atoms with Crippen molar-refractivity contribution in [2.75, 3.05) is 19.0 Å². The summed E-state index contributed by atoms with van der Waals surface area (Å²) >= 11 is 0. The van der Waals surface area contributed by atoms with Gasteiger partial charge < -0.3 is 25.3 Å². The summed E-state index contributed by atoms with van der Waals surface area (Å²) in [6, 6.07) is 13.2. The number of anilines is 1. The number of aromatic nitrogens is 2. The quantitative estimate of drug-likeness (QED) is 0.427. The van der Waals surface area contributed by atoms with E-state index in [1.54, 1.807) is 0 Å². The third-order valence-electron chi connectivity index (χ3n) is 4.64. The molecule has 0 saturated heterocycles. The van der Waals surface area contributed by atoms with Crippen molar-refractivity contribution in [3.8, 4) is 5.75 Å². The van der Waals surface area contributed by atoms with E-state index in [9.17, 15) is 14.7 Å². The maximum Gasteiger partial charge on any atom is 0.304 e. The number of benzene rings is 1. The SMILES string of the molecule is CNc1cccc(CCOc2ccc(CC(CC(=O)O)c3nc(C(N)=O)co3)cc2)n1. The summed E-state index contributed by atoms with van der Waals surface area (Å²) in [6.45, 7) is 0.480. The number of hydrogen-bond donors (Lipinski definition) is 3. The lowest BCUT2D eigenvalue weighted by atomic mass is 9.96. The van der Waals surface area contributed by atoms with Gasteiger partial charge in [-0.15, -0.1) is 0 Å². The number of rotatable bonds is 11. The Morgan fingerprint density at radius 1 is 1.19 bits per heavy atom. The van der Waals surface area contributed by atoms with Gasteiger partial charge in [-0.3, -0.25) is 9.59 Å². The number of oxazole rings is 1. The Hall–Kier alpha value is -3.88. The van der Waals surface area contributed by atoms with E-state index in [4.69, 9.17) is 14.9 Å². The lowest BCUT2D eigenvalue weighted by Crippen LogP contribution is -2.13. The van der Waals surface area contributed by atoms with Crippen molar-refractivity contribution in [3.63, 3.8) is 0 Å². The number of amides is 1. The Morgan fingerprint density at radius 3 is 2.61 bits per heavy atom. The number of pyridine rings is 1. The van der Waals surface area contributed by atoms with Crippen LogP contribution >= 0.6 is 0 Å². The predicted octanol–water partition coefficient (Wildman–Crippen LogP) is 2.63. The third kappa shape index (κ3) is 6.30. The zero-order chi connectivity index (χ0) is 22.2. The average Bonchev–Trinajstić information content (AvgIpc) is 3.25. The molecule has 1 amide bonds. The number of nitrogens with two attached hydrogens (primary N) is 1. The molecule has 3 aromatic rings. The molecule has 0 bridgehead atoms. The molecule has 0 aliphatic rings. The van der Waals surface area contributed by atoms with Crippen molar-refractivity contribution in [2.45, 2.75) is 25.2 Å². The Labute approximate surface area is 179 Å². The van der Waals surface area contributed by atoms with Crippen LogP contribution in [0.2, 0.25) is 0 Å². The van der Waals surface area contributed by atoms with E-state index in [-0.39, 0.29) is 18.0 Å². The van der Waals surface area contributed by atoms with E-state index in [1.165, 1.54) is 0 Å². The molecule has 2 aromatic heterocycles. The van der Waals surface area contributed by atoms with Gasteiger partial charge in [0.1, 0.15) is 17.8 Å². The number of ether oxygens (including phenoxy) is 1. The summed E-state index contributed by atoms with van der Waals surface area (Å²) < 4.78 is 11.1. The summed E-state index contributed by atoms with van der Waals surface area (Å²) in [4.78, 5) is 30.9. The van der Waals surface area contributed by atoms with Gasteiger partial charge in [0.25, 0.3) is 5.91 Å². The van der Waals surface area contributed by atoms with Crippen LogP contribution < -0.4 is 15.8 Å². The van der Waals surface area contributed by atoms with Crippen LogP contribution in [0.1, 0.15) is 40.0 Å². The molecular weight excluding hydrogens is 400 g/mol. The molecule has 2 heterocycles. The highest BCUT2D eigenvalue weighted by atomic mass is 16.5. The first-order valence-corrected chi connectivity index (χ1v) is 9.77. The standard InChI is InChI=1S/C22H24N4O5/c1-24-19-4-2-3-16(25-19)9-10-30-17-7-5-14(6-8-17)11-15(12-20(27)28)22-26-18(13-31-22)21(23)29/h2-8,13,15H,9-12H2,1H3,(H2,23,29)(H,24,25)(H,27,28). The van der Waals surface area contributed by atoms with Gasteiger partial charge in [0, 0.05) is 19.2 Å². The highest BCUT2D eigenvalue weighted by molar-refractivity contribution is 5.90. The fraction of sp³-hybridized carbons (Fsp3) is 0.273. The molecule has 9 heteroatoms. The Balaban J connectivity index is 1.59. The van der Waals surface area contributed by atoms with Crippen molar-refractivity contribution < 1.29 is 23.8 Å². The number of carboxylic acids is 1. The number of nitrogens with one attached hydrogen (secondary N) is 1. The minimum Gasteiger partial charge on any atom is -0.493 e. The summed E-state index contributed by atoms with van der Waals surface area (Å²) in [5.74, 6) is -0.545. The number of carbonyl (C=O) groups is 2. The van der Waals surface area contributed by atoms with E-state index in [1.807, 2.05) is 49.5 Å². The van der Waals surface area contributed by atoms with Gasteiger partial charge >= 0.3 is 5.97 Å². The van der Waals surface area contributed by atoms with Gasteiger partial charge in [-0.1, -0.05) is 18.2 Å². The maximum atomic E-state index is 11.3. The number of carbonyl (C=O) groups excluding carboxylic acids is 1. The molecule has 0 saturated carbocycles. The van der Waals surface area contributed by atoms with Gasteiger partial charge in [-0.25, -0.2) is 9.97 Å².